The monoisotopic (exact) mass is 256 g/mol. The Bertz CT molecular complexity index is 426. The summed E-state index contributed by atoms with van der Waals surface area (Å²) in [6, 6.07) is 2.21. The van der Waals surface area contributed by atoms with Gasteiger partial charge in [-0.15, -0.1) is 0 Å². The summed E-state index contributed by atoms with van der Waals surface area (Å²) in [5.41, 5.74) is 6.07. The topological polar surface area (TPSA) is 49.5 Å². The number of nitrogens with zero attached hydrogens (tertiary/aromatic N) is 1. The summed E-state index contributed by atoms with van der Waals surface area (Å²) in [7, 11) is 0. The van der Waals surface area contributed by atoms with Gasteiger partial charge in [-0.2, -0.15) is 0 Å². The predicted molar refractivity (Wildman–Crippen MR) is 67.5 cm³/mol. The molecule has 2 rings (SSSR count). The van der Waals surface area contributed by atoms with E-state index in [9.17, 15) is 13.9 Å². The summed E-state index contributed by atoms with van der Waals surface area (Å²) in [6.07, 6.45) is 3.68. The van der Waals surface area contributed by atoms with Crippen LogP contribution >= 0.6 is 0 Å². The minimum Gasteiger partial charge on any atom is -0.397 e. The zero-order chi connectivity index (χ0) is 13.1. The molecule has 3 N–H and O–H groups in total. The van der Waals surface area contributed by atoms with E-state index in [4.69, 9.17) is 5.73 Å². The molecule has 0 amide bonds. The second-order valence-corrected chi connectivity index (χ2v) is 4.68. The Morgan fingerprint density at radius 1 is 1.28 bits per heavy atom. The number of benzene rings is 1. The number of anilines is 2. The van der Waals surface area contributed by atoms with Crippen LogP contribution in [0.5, 0.6) is 0 Å². The Hall–Kier alpha value is -1.36. The van der Waals surface area contributed by atoms with Gasteiger partial charge in [-0.3, -0.25) is 0 Å². The molecule has 0 aromatic heterocycles. The third-order valence-electron chi connectivity index (χ3n) is 3.48. The average molecular weight is 256 g/mol. The molecule has 1 heterocycles. The minimum atomic E-state index is -0.921. The van der Waals surface area contributed by atoms with Crippen molar-refractivity contribution in [3.8, 4) is 0 Å². The van der Waals surface area contributed by atoms with Gasteiger partial charge in [-0.05, 0) is 25.0 Å². The van der Waals surface area contributed by atoms with Crippen LogP contribution < -0.4 is 10.6 Å². The summed E-state index contributed by atoms with van der Waals surface area (Å²) in [4.78, 5) is 1.71. The lowest BCUT2D eigenvalue weighted by molar-refractivity contribution is 0.254. The predicted octanol–water partition coefficient (Wildman–Crippen LogP) is 2.29. The third-order valence-corrected chi connectivity index (χ3v) is 3.48. The lowest BCUT2D eigenvalue weighted by atomic mass is 10.1. The molecule has 0 saturated carbocycles. The maximum absolute atomic E-state index is 13.9. The minimum absolute atomic E-state index is 0.0740. The largest absolute Gasteiger partial charge is 0.397 e. The molecule has 0 radical (unpaired) electrons. The van der Waals surface area contributed by atoms with Gasteiger partial charge in [0.05, 0.1) is 24.0 Å². The summed E-state index contributed by atoms with van der Waals surface area (Å²) in [5, 5.41) is 9.40. The van der Waals surface area contributed by atoms with Gasteiger partial charge in [-0.25, -0.2) is 8.78 Å². The highest BCUT2D eigenvalue weighted by molar-refractivity contribution is 5.69. The number of aliphatic hydroxyl groups is 1. The van der Waals surface area contributed by atoms with Gasteiger partial charge in [0.25, 0.3) is 0 Å². The van der Waals surface area contributed by atoms with E-state index in [1.165, 1.54) is 6.07 Å². The van der Waals surface area contributed by atoms with E-state index < -0.39 is 11.6 Å². The van der Waals surface area contributed by atoms with E-state index in [0.29, 0.717) is 6.54 Å². The van der Waals surface area contributed by atoms with Gasteiger partial charge < -0.3 is 15.7 Å². The molecule has 100 valence electrons. The fraction of sp³-hybridized carbons (Fsp3) is 0.538. The van der Waals surface area contributed by atoms with Gasteiger partial charge in [-0.1, -0.05) is 12.8 Å². The number of halogens is 2. The van der Waals surface area contributed by atoms with Crippen LogP contribution in [-0.2, 0) is 0 Å². The maximum Gasteiger partial charge on any atom is 0.184 e. The first kappa shape index (κ1) is 13.1. The van der Waals surface area contributed by atoms with Crippen LogP contribution in [0.2, 0.25) is 0 Å². The smallest absolute Gasteiger partial charge is 0.184 e. The fourth-order valence-electron chi connectivity index (χ4n) is 2.51. The normalized spacial score (nSPS) is 20.8. The van der Waals surface area contributed by atoms with E-state index in [1.54, 1.807) is 4.90 Å². The van der Waals surface area contributed by atoms with Crippen LogP contribution in [0.1, 0.15) is 25.7 Å². The van der Waals surface area contributed by atoms with E-state index in [0.717, 1.165) is 31.7 Å². The van der Waals surface area contributed by atoms with Crippen LogP contribution in [0.25, 0.3) is 0 Å². The molecular weight excluding hydrogens is 238 g/mol. The molecule has 0 aliphatic carbocycles. The molecule has 0 spiro atoms. The molecule has 1 aliphatic rings. The highest BCUT2D eigenvalue weighted by Gasteiger charge is 2.26. The SMILES string of the molecule is Nc1ccc(F)c(F)c1N1CCCCCC1CO. The Morgan fingerprint density at radius 3 is 2.78 bits per heavy atom. The molecule has 1 unspecified atom stereocenters. The van der Waals surface area contributed by atoms with Crippen molar-refractivity contribution < 1.29 is 13.9 Å². The van der Waals surface area contributed by atoms with Crippen LogP contribution in [0.4, 0.5) is 20.2 Å². The lowest BCUT2D eigenvalue weighted by Crippen LogP contribution is -2.38. The van der Waals surface area contributed by atoms with E-state index >= 15 is 0 Å². The van der Waals surface area contributed by atoms with Gasteiger partial charge in [0.15, 0.2) is 11.6 Å². The Balaban J connectivity index is 2.41. The van der Waals surface area contributed by atoms with Crippen LogP contribution in [0.3, 0.4) is 0 Å². The summed E-state index contributed by atoms with van der Waals surface area (Å²) < 4.78 is 27.2. The Morgan fingerprint density at radius 2 is 2.06 bits per heavy atom. The molecular formula is C13H18F2N2O. The quantitative estimate of drug-likeness (QED) is 0.798. The van der Waals surface area contributed by atoms with Gasteiger partial charge in [0, 0.05) is 6.54 Å². The molecule has 1 atom stereocenters. The number of nitrogens with two attached hydrogens (primary N) is 1. The van der Waals surface area contributed by atoms with Crippen molar-refractivity contribution in [1.82, 2.24) is 0 Å². The van der Waals surface area contributed by atoms with E-state index in [-0.39, 0.29) is 24.0 Å². The summed E-state index contributed by atoms with van der Waals surface area (Å²) in [6.45, 7) is 0.519. The fourth-order valence-corrected chi connectivity index (χ4v) is 2.51. The molecule has 1 aromatic rings. The highest BCUT2D eigenvalue weighted by Crippen LogP contribution is 2.32. The molecule has 18 heavy (non-hydrogen) atoms. The first-order valence-electron chi connectivity index (χ1n) is 6.26. The lowest BCUT2D eigenvalue weighted by Gasteiger charge is -2.32. The van der Waals surface area contributed by atoms with Gasteiger partial charge >= 0.3 is 0 Å². The van der Waals surface area contributed by atoms with Crippen molar-refractivity contribution in [2.24, 2.45) is 0 Å². The standard InChI is InChI=1S/C13H18F2N2O/c14-10-5-6-11(16)13(12(10)15)17-7-3-1-2-4-9(17)8-18/h5-6,9,18H,1-4,7-8,16H2. The van der Waals surface area contributed by atoms with Crippen molar-refractivity contribution in [1.29, 1.82) is 0 Å². The van der Waals surface area contributed by atoms with E-state index in [1.807, 2.05) is 0 Å². The second-order valence-electron chi connectivity index (χ2n) is 4.68. The van der Waals surface area contributed by atoms with Gasteiger partial charge in [0.1, 0.15) is 0 Å². The zero-order valence-corrected chi connectivity index (χ0v) is 10.2. The Kier molecular flexibility index (Phi) is 4.01. The number of hydrogen-bond donors (Lipinski definition) is 2. The maximum atomic E-state index is 13.9. The average Bonchev–Trinajstić information content (AvgIpc) is 2.60. The Labute approximate surface area is 105 Å². The van der Waals surface area contributed by atoms with Crippen molar-refractivity contribution >= 4 is 11.4 Å². The van der Waals surface area contributed by atoms with Crippen molar-refractivity contribution in [2.75, 3.05) is 23.8 Å². The molecule has 1 fully saturated rings. The molecule has 3 nitrogen and oxygen atoms in total. The van der Waals surface area contributed by atoms with E-state index in [2.05, 4.69) is 0 Å². The first-order valence-corrected chi connectivity index (χ1v) is 6.26. The van der Waals surface area contributed by atoms with Crippen molar-refractivity contribution in [3.05, 3.63) is 23.8 Å². The third kappa shape index (κ3) is 2.41. The number of aliphatic hydroxyl groups excluding tert-OH is 1. The van der Waals surface area contributed by atoms with Crippen LogP contribution in [0.15, 0.2) is 12.1 Å². The number of hydrogen-bond acceptors (Lipinski definition) is 3. The molecule has 0 bridgehead atoms. The van der Waals surface area contributed by atoms with Gasteiger partial charge in [0.2, 0.25) is 0 Å². The second kappa shape index (κ2) is 5.52. The zero-order valence-electron chi connectivity index (χ0n) is 10.2. The number of nitrogen functional groups attached to an aromatic ring is 1. The molecule has 5 heteroatoms. The summed E-state index contributed by atoms with van der Waals surface area (Å²) in [5.74, 6) is -1.82. The molecule has 1 aromatic carbocycles. The van der Waals surface area contributed by atoms with Crippen LogP contribution in [-0.4, -0.2) is 24.3 Å². The van der Waals surface area contributed by atoms with Crippen molar-refractivity contribution in [3.63, 3.8) is 0 Å². The summed E-state index contributed by atoms with van der Waals surface area (Å²) >= 11 is 0. The molecule has 1 aliphatic heterocycles. The number of rotatable bonds is 2. The van der Waals surface area contributed by atoms with Crippen LogP contribution in [0, 0.1) is 11.6 Å². The van der Waals surface area contributed by atoms with Crippen molar-refractivity contribution in [2.45, 2.75) is 31.7 Å². The first-order chi connectivity index (χ1) is 8.65. The highest BCUT2D eigenvalue weighted by atomic mass is 19.2. The molecule has 1 saturated heterocycles.